The number of imidazole rings is 1. The third-order valence-electron chi connectivity index (χ3n) is 7.61. The number of carbonyl (C=O) groups is 1. The summed E-state index contributed by atoms with van der Waals surface area (Å²) in [6.45, 7) is 8.60. The van der Waals surface area contributed by atoms with Crippen LogP contribution in [-0.4, -0.2) is 89.3 Å². The summed E-state index contributed by atoms with van der Waals surface area (Å²) >= 11 is 0. The van der Waals surface area contributed by atoms with Crippen molar-refractivity contribution in [1.29, 1.82) is 0 Å². The number of carbonyl (C=O) groups excluding carboxylic acids is 1. The molecule has 1 saturated heterocycles. The lowest BCUT2D eigenvalue weighted by Gasteiger charge is -2.44. The molecule has 11 heteroatoms. The second-order valence-corrected chi connectivity index (χ2v) is 14.0. The molecule has 9 nitrogen and oxygen atoms in total. The van der Waals surface area contributed by atoms with Crippen LogP contribution in [0.2, 0.25) is 0 Å². The van der Waals surface area contributed by atoms with Crippen LogP contribution >= 0.6 is 0 Å². The fraction of sp³-hybridized carbons (Fsp3) is 0.484. The van der Waals surface area contributed by atoms with Crippen LogP contribution in [-0.2, 0) is 16.6 Å². The number of sulfonamides is 1. The van der Waals surface area contributed by atoms with Crippen LogP contribution in [0, 0.1) is 5.41 Å². The SMILES string of the molecule is CCS(=O)(=O)N1CCN(C(=O)N(C[C@@H](F)CN)[C@@H](c2nc(-c3ccccc3)cn2Cc2ccccc2)C(C)(C)C)CC1. The van der Waals surface area contributed by atoms with Crippen molar-refractivity contribution in [2.45, 2.75) is 46.5 Å². The molecule has 3 aromatic rings. The number of halogens is 1. The van der Waals surface area contributed by atoms with Gasteiger partial charge in [-0.05, 0) is 17.9 Å². The first-order chi connectivity index (χ1) is 19.9. The highest BCUT2D eigenvalue weighted by Crippen LogP contribution is 2.40. The van der Waals surface area contributed by atoms with Gasteiger partial charge < -0.3 is 20.1 Å². The number of hydrogen-bond donors (Lipinski definition) is 1. The van der Waals surface area contributed by atoms with Crippen molar-refractivity contribution in [3.63, 3.8) is 0 Å². The predicted molar refractivity (Wildman–Crippen MR) is 164 cm³/mol. The molecule has 2 atom stereocenters. The minimum Gasteiger partial charge on any atom is -0.328 e. The molecule has 2 N–H and O–H groups in total. The molecule has 0 aliphatic carbocycles. The van der Waals surface area contributed by atoms with E-state index in [9.17, 15) is 13.2 Å². The topological polar surface area (TPSA) is 105 Å². The van der Waals surface area contributed by atoms with Gasteiger partial charge in [0.2, 0.25) is 10.0 Å². The second kappa shape index (κ2) is 13.4. The van der Waals surface area contributed by atoms with Gasteiger partial charge in [-0.15, -0.1) is 0 Å². The van der Waals surface area contributed by atoms with Crippen LogP contribution in [0.1, 0.15) is 45.1 Å². The molecule has 228 valence electrons. The van der Waals surface area contributed by atoms with E-state index in [0.29, 0.717) is 12.4 Å². The van der Waals surface area contributed by atoms with E-state index in [-0.39, 0.29) is 51.1 Å². The Hall–Kier alpha value is -3.28. The van der Waals surface area contributed by atoms with Crippen molar-refractivity contribution < 1.29 is 17.6 Å². The van der Waals surface area contributed by atoms with E-state index < -0.39 is 27.7 Å². The van der Waals surface area contributed by atoms with Crippen molar-refractivity contribution in [3.05, 3.63) is 78.2 Å². The zero-order valence-electron chi connectivity index (χ0n) is 25.0. The highest BCUT2D eigenvalue weighted by Gasteiger charge is 2.41. The van der Waals surface area contributed by atoms with Gasteiger partial charge in [0.25, 0.3) is 0 Å². The number of rotatable bonds is 10. The number of nitrogens with zero attached hydrogens (tertiary/aromatic N) is 5. The fourth-order valence-corrected chi connectivity index (χ4v) is 6.49. The first kappa shape index (κ1) is 31.7. The van der Waals surface area contributed by atoms with Gasteiger partial charge in [0.05, 0.1) is 24.0 Å². The summed E-state index contributed by atoms with van der Waals surface area (Å²) in [7, 11) is -3.36. The highest BCUT2D eigenvalue weighted by atomic mass is 32.2. The molecule has 0 radical (unpaired) electrons. The van der Waals surface area contributed by atoms with Crippen LogP contribution in [0.4, 0.5) is 9.18 Å². The first-order valence-electron chi connectivity index (χ1n) is 14.5. The van der Waals surface area contributed by atoms with Crippen molar-refractivity contribution in [2.75, 3.05) is 45.0 Å². The van der Waals surface area contributed by atoms with Crippen molar-refractivity contribution in [2.24, 2.45) is 11.1 Å². The van der Waals surface area contributed by atoms with E-state index in [0.717, 1.165) is 16.8 Å². The Morgan fingerprint density at radius 2 is 1.62 bits per heavy atom. The lowest BCUT2D eigenvalue weighted by molar-refractivity contribution is 0.0615. The minimum atomic E-state index is -3.36. The largest absolute Gasteiger partial charge is 0.328 e. The zero-order valence-corrected chi connectivity index (χ0v) is 25.8. The first-order valence-corrected chi connectivity index (χ1v) is 16.1. The van der Waals surface area contributed by atoms with Gasteiger partial charge in [0.15, 0.2) is 0 Å². The minimum absolute atomic E-state index is 0.00697. The fourth-order valence-electron chi connectivity index (χ4n) is 5.40. The average Bonchev–Trinajstić information content (AvgIpc) is 3.39. The van der Waals surface area contributed by atoms with Gasteiger partial charge >= 0.3 is 6.03 Å². The van der Waals surface area contributed by atoms with E-state index in [1.165, 1.54) is 4.31 Å². The van der Waals surface area contributed by atoms with Gasteiger partial charge in [-0.1, -0.05) is 81.4 Å². The van der Waals surface area contributed by atoms with Crippen LogP contribution in [0.3, 0.4) is 0 Å². The Labute approximate surface area is 249 Å². The Kier molecular flexibility index (Phi) is 10.1. The van der Waals surface area contributed by atoms with E-state index in [1.807, 2.05) is 87.6 Å². The van der Waals surface area contributed by atoms with Crippen LogP contribution in [0.5, 0.6) is 0 Å². The number of urea groups is 1. The summed E-state index contributed by atoms with van der Waals surface area (Å²) in [5.74, 6) is 0.655. The number of amides is 2. The highest BCUT2D eigenvalue weighted by molar-refractivity contribution is 7.89. The van der Waals surface area contributed by atoms with E-state index in [4.69, 9.17) is 10.7 Å². The van der Waals surface area contributed by atoms with Crippen molar-refractivity contribution in [1.82, 2.24) is 23.7 Å². The summed E-state index contributed by atoms with van der Waals surface area (Å²) in [5.41, 5.74) is 7.95. The molecule has 4 rings (SSSR count). The van der Waals surface area contributed by atoms with Gasteiger partial charge in [-0.3, -0.25) is 0 Å². The van der Waals surface area contributed by atoms with Gasteiger partial charge in [0.1, 0.15) is 12.0 Å². The molecule has 42 heavy (non-hydrogen) atoms. The standard InChI is InChI=1S/C31H43FN6O3S/c1-5-42(40,41)37-18-16-35(17-19-37)30(39)38(22-26(32)20-33)28(31(2,3)4)29-34-27(25-14-10-7-11-15-25)23-36(29)21-24-12-8-6-9-13-24/h6-15,23,26,28H,5,16-22,33H2,1-4H3/t26-,28-/m0/s1. The molecule has 0 spiro atoms. The molecule has 2 aromatic carbocycles. The summed E-state index contributed by atoms with van der Waals surface area (Å²) in [6, 6.07) is 18.9. The monoisotopic (exact) mass is 598 g/mol. The average molecular weight is 599 g/mol. The number of piperazine rings is 1. The predicted octanol–water partition coefficient (Wildman–Crippen LogP) is 4.37. The molecule has 2 amide bonds. The maximum atomic E-state index is 15.1. The van der Waals surface area contributed by atoms with Crippen LogP contribution in [0.25, 0.3) is 11.3 Å². The summed E-state index contributed by atoms with van der Waals surface area (Å²) in [6.07, 6.45) is 0.551. The molecular formula is C31H43FN6O3S. The van der Waals surface area contributed by atoms with Crippen LogP contribution in [0.15, 0.2) is 66.9 Å². The van der Waals surface area contributed by atoms with Gasteiger partial charge in [0, 0.05) is 51.0 Å². The molecular weight excluding hydrogens is 555 g/mol. The Bertz CT molecular complexity index is 1420. The third kappa shape index (κ3) is 7.37. The Morgan fingerprint density at radius 1 is 1.02 bits per heavy atom. The summed E-state index contributed by atoms with van der Waals surface area (Å²) in [4.78, 5) is 22.5. The summed E-state index contributed by atoms with van der Waals surface area (Å²) < 4.78 is 43.4. The lowest BCUT2D eigenvalue weighted by atomic mass is 9.84. The number of hydrogen-bond acceptors (Lipinski definition) is 5. The van der Waals surface area contributed by atoms with Crippen molar-refractivity contribution in [3.8, 4) is 11.3 Å². The number of benzene rings is 2. The zero-order chi connectivity index (χ0) is 30.5. The quantitative estimate of drug-likeness (QED) is 0.373. The van der Waals surface area contributed by atoms with Gasteiger partial charge in [-0.2, -0.15) is 4.31 Å². The maximum Gasteiger partial charge on any atom is 0.320 e. The molecule has 1 aliphatic rings. The summed E-state index contributed by atoms with van der Waals surface area (Å²) in [5, 5.41) is 0. The molecule has 1 aromatic heterocycles. The van der Waals surface area contributed by atoms with Crippen LogP contribution < -0.4 is 5.73 Å². The van der Waals surface area contributed by atoms with E-state index >= 15 is 4.39 Å². The van der Waals surface area contributed by atoms with Gasteiger partial charge in [-0.25, -0.2) is 22.6 Å². The van der Waals surface area contributed by atoms with Crippen molar-refractivity contribution >= 4 is 16.1 Å². The number of aromatic nitrogens is 2. The molecule has 2 heterocycles. The smallest absolute Gasteiger partial charge is 0.320 e. The third-order valence-corrected chi connectivity index (χ3v) is 9.49. The Balaban J connectivity index is 1.77. The Morgan fingerprint density at radius 3 is 2.17 bits per heavy atom. The number of alkyl halides is 1. The molecule has 1 aliphatic heterocycles. The molecule has 1 fully saturated rings. The molecule has 0 saturated carbocycles. The molecule has 0 unspecified atom stereocenters. The lowest BCUT2D eigenvalue weighted by Crippen LogP contribution is -2.57. The van der Waals surface area contributed by atoms with E-state index in [1.54, 1.807) is 16.7 Å². The number of nitrogens with two attached hydrogens (primary N) is 1. The van der Waals surface area contributed by atoms with E-state index in [2.05, 4.69) is 4.57 Å². The molecule has 0 bridgehead atoms. The second-order valence-electron chi connectivity index (χ2n) is 11.8. The maximum absolute atomic E-state index is 15.1. The normalized spacial score (nSPS) is 16.3.